The molecular weight excluding hydrogens is 294 g/mol. The number of benzene rings is 1. The molecule has 0 amide bonds. The molecule has 0 saturated heterocycles. The van der Waals surface area contributed by atoms with Crippen LogP contribution in [0.1, 0.15) is 5.56 Å². The summed E-state index contributed by atoms with van der Waals surface area (Å²) < 4.78 is 26.9. The summed E-state index contributed by atoms with van der Waals surface area (Å²) in [5, 5.41) is 3.47. The van der Waals surface area contributed by atoms with Crippen molar-refractivity contribution in [3.63, 3.8) is 0 Å². The number of hydrogen-bond acceptors (Lipinski definition) is 4. The van der Waals surface area contributed by atoms with E-state index in [1.807, 2.05) is 42.0 Å². The number of aryl methyl sites for hydroxylation is 1. The normalized spacial score (nSPS) is 10.1. The van der Waals surface area contributed by atoms with Gasteiger partial charge in [-0.2, -0.15) is 8.42 Å². The Morgan fingerprint density at radius 1 is 1.35 bits per heavy atom. The van der Waals surface area contributed by atoms with Gasteiger partial charge in [-0.15, -0.1) is 4.36 Å². The summed E-state index contributed by atoms with van der Waals surface area (Å²) in [4.78, 5) is 0. The molecule has 104 valence electrons. The van der Waals surface area contributed by atoms with E-state index in [1.54, 1.807) is 13.1 Å². The van der Waals surface area contributed by atoms with Crippen molar-refractivity contribution in [1.82, 2.24) is 9.88 Å². The van der Waals surface area contributed by atoms with Crippen molar-refractivity contribution in [1.29, 1.82) is 0 Å². The van der Waals surface area contributed by atoms with E-state index in [2.05, 4.69) is 9.68 Å². The summed E-state index contributed by atoms with van der Waals surface area (Å²) in [5.41, 5.74) is 2.95. The van der Waals surface area contributed by atoms with Gasteiger partial charge in [-0.05, 0) is 42.9 Å². The highest BCUT2D eigenvalue weighted by Gasteiger charge is 2.08. The zero-order chi connectivity index (χ0) is 14.7. The topological polar surface area (TPSA) is 63.5 Å². The van der Waals surface area contributed by atoms with Gasteiger partial charge in [-0.25, -0.2) is 0 Å². The van der Waals surface area contributed by atoms with Crippen LogP contribution in [0.2, 0.25) is 0 Å². The average molecular weight is 307 g/mol. The summed E-state index contributed by atoms with van der Waals surface area (Å²) in [5.74, 6) is 0. The predicted octanol–water partition coefficient (Wildman–Crippen LogP) is 2.51. The minimum Gasteiger partial charge on any atom is -0.365 e. The highest BCUT2D eigenvalue weighted by Crippen LogP contribution is 2.27. The fraction of sp³-hybridized carbons (Fsp3) is 0.154. The summed E-state index contributed by atoms with van der Waals surface area (Å²) >= 11 is 5.22. The quantitative estimate of drug-likeness (QED) is 0.866. The molecule has 0 radical (unpaired) electrons. The minimum absolute atomic E-state index is 0.430. The van der Waals surface area contributed by atoms with E-state index >= 15 is 0 Å². The van der Waals surface area contributed by atoms with Crippen LogP contribution in [0.25, 0.3) is 11.3 Å². The van der Waals surface area contributed by atoms with E-state index in [4.69, 9.17) is 12.2 Å². The molecule has 7 heteroatoms. The molecular formula is C13H13N3O2S2. The Balaban J connectivity index is 2.57. The molecule has 0 aliphatic carbocycles. The lowest BCUT2D eigenvalue weighted by atomic mass is 10.1. The Morgan fingerprint density at radius 3 is 2.75 bits per heavy atom. The first-order valence-corrected chi connectivity index (χ1v) is 7.28. The SMILES string of the molecule is CNC(=S)n1cccc1-c1ccc(C)c(N=S(=O)=O)c1. The van der Waals surface area contributed by atoms with Crippen LogP contribution >= 0.6 is 12.2 Å². The second kappa shape index (κ2) is 5.98. The average Bonchev–Trinajstić information content (AvgIpc) is 2.89. The first-order chi connectivity index (χ1) is 9.52. The van der Waals surface area contributed by atoms with Gasteiger partial charge in [0.05, 0.1) is 11.4 Å². The van der Waals surface area contributed by atoms with Crippen LogP contribution in [0.15, 0.2) is 40.9 Å². The van der Waals surface area contributed by atoms with Crippen LogP contribution in [0.4, 0.5) is 5.69 Å². The Bertz CT molecular complexity index is 784. The maximum atomic E-state index is 10.7. The third kappa shape index (κ3) is 2.94. The third-order valence-electron chi connectivity index (χ3n) is 2.86. The number of aromatic nitrogens is 1. The number of thiocarbonyl (C=S) groups is 1. The van der Waals surface area contributed by atoms with Crippen LogP contribution in [-0.2, 0) is 10.5 Å². The lowest BCUT2D eigenvalue weighted by Crippen LogP contribution is -2.23. The van der Waals surface area contributed by atoms with Crippen LogP contribution < -0.4 is 5.32 Å². The van der Waals surface area contributed by atoms with Gasteiger partial charge in [0.2, 0.25) is 0 Å². The summed E-state index contributed by atoms with van der Waals surface area (Å²) in [6, 6.07) is 9.26. The molecule has 2 aromatic rings. The smallest absolute Gasteiger partial charge is 0.316 e. The number of nitrogens with one attached hydrogen (secondary N) is 1. The lowest BCUT2D eigenvalue weighted by molar-refractivity contribution is 0.622. The largest absolute Gasteiger partial charge is 0.365 e. The standard InChI is InChI=1S/C13H13N3O2S2/c1-9-5-6-10(8-11(9)15-20(17)18)12-4-3-7-16(12)13(19)14-2/h3-8H,1-2H3,(H,14,19). The first kappa shape index (κ1) is 14.4. The van der Waals surface area contributed by atoms with E-state index in [9.17, 15) is 8.42 Å². The maximum absolute atomic E-state index is 10.7. The van der Waals surface area contributed by atoms with Gasteiger partial charge < -0.3 is 5.32 Å². The van der Waals surface area contributed by atoms with E-state index in [1.165, 1.54) is 0 Å². The highest BCUT2D eigenvalue weighted by atomic mass is 32.2. The summed E-state index contributed by atoms with van der Waals surface area (Å²) in [6.07, 6.45) is 1.84. The summed E-state index contributed by atoms with van der Waals surface area (Å²) in [7, 11) is -0.715. The third-order valence-corrected chi connectivity index (χ3v) is 3.61. The van der Waals surface area contributed by atoms with E-state index < -0.39 is 10.5 Å². The van der Waals surface area contributed by atoms with Gasteiger partial charge in [0.1, 0.15) is 0 Å². The second-order valence-electron chi connectivity index (χ2n) is 4.13. The molecule has 0 saturated carbocycles. The van der Waals surface area contributed by atoms with E-state index in [0.29, 0.717) is 10.8 Å². The van der Waals surface area contributed by atoms with Crippen LogP contribution in [0.5, 0.6) is 0 Å². The Kier molecular flexibility index (Phi) is 4.31. The number of hydrogen-bond donors (Lipinski definition) is 1. The lowest BCUT2D eigenvalue weighted by Gasteiger charge is -2.10. The Morgan fingerprint density at radius 2 is 2.10 bits per heavy atom. The predicted molar refractivity (Wildman–Crippen MR) is 82.7 cm³/mol. The van der Waals surface area contributed by atoms with Gasteiger partial charge in [0.15, 0.2) is 5.11 Å². The van der Waals surface area contributed by atoms with Crippen molar-refractivity contribution >= 4 is 33.5 Å². The zero-order valence-corrected chi connectivity index (χ0v) is 12.6. The van der Waals surface area contributed by atoms with Gasteiger partial charge >= 0.3 is 10.5 Å². The molecule has 0 aliphatic heterocycles. The molecule has 1 aromatic heterocycles. The van der Waals surface area contributed by atoms with Crippen molar-refractivity contribution in [2.45, 2.75) is 6.92 Å². The van der Waals surface area contributed by atoms with E-state index in [-0.39, 0.29) is 0 Å². The molecule has 0 aliphatic rings. The molecule has 2 rings (SSSR count). The molecule has 1 aromatic carbocycles. The molecule has 0 atom stereocenters. The van der Waals surface area contributed by atoms with E-state index in [0.717, 1.165) is 16.8 Å². The Hall–Kier alpha value is -1.99. The van der Waals surface area contributed by atoms with Gasteiger partial charge in [-0.3, -0.25) is 4.57 Å². The first-order valence-electron chi connectivity index (χ1n) is 5.84. The molecule has 0 spiro atoms. The van der Waals surface area contributed by atoms with Crippen molar-refractivity contribution < 1.29 is 8.42 Å². The fourth-order valence-electron chi connectivity index (χ4n) is 1.86. The van der Waals surface area contributed by atoms with Crippen LogP contribution in [-0.4, -0.2) is 25.1 Å². The molecule has 20 heavy (non-hydrogen) atoms. The molecule has 5 nitrogen and oxygen atoms in total. The Labute approximate surface area is 124 Å². The van der Waals surface area contributed by atoms with Gasteiger partial charge in [0, 0.05) is 18.8 Å². The van der Waals surface area contributed by atoms with Crippen molar-refractivity contribution in [3.8, 4) is 11.3 Å². The second-order valence-corrected chi connectivity index (χ2v) is 5.13. The summed E-state index contributed by atoms with van der Waals surface area (Å²) in [6.45, 7) is 1.81. The van der Waals surface area contributed by atoms with Gasteiger partial charge in [-0.1, -0.05) is 12.1 Å². The fourth-order valence-corrected chi connectivity index (χ4v) is 2.38. The maximum Gasteiger partial charge on any atom is 0.316 e. The number of nitrogens with zero attached hydrogens (tertiary/aromatic N) is 2. The van der Waals surface area contributed by atoms with Crippen LogP contribution in [0, 0.1) is 6.92 Å². The molecule has 1 heterocycles. The highest BCUT2D eigenvalue weighted by molar-refractivity contribution is 7.80. The molecule has 1 N–H and O–H groups in total. The van der Waals surface area contributed by atoms with Gasteiger partial charge in [0.25, 0.3) is 0 Å². The van der Waals surface area contributed by atoms with Crippen LogP contribution in [0.3, 0.4) is 0 Å². The minimum atomic E-state index is -2.47. The number of rotatable bonds is 2. The van der Waals surface area contributed by atoms with Crippen molar-refractivity contribution in [2.24, 2.45) is 4.36 Å². The molecule has 0 bridgehead atoms. The molecule has 0 fully saturated rings. The monoisotopic (exact) mass is 307 g/mol. The zero-order valence-electron chi connectivity index (χ0n) is 11.0. The molecule has 0 unspecified atom stereocenters. The van der Waals surface area contributed by atoms with Crippen molar-refractivity contribution in [2.75, 3.05) is 7.05 Å². The van der Waals surface area contributed by atoms with Crippen molar-refractivity contribution in [3.05, 3.63) is 42.1 Å².